The molecule has 4 nitrogen and oxygen atoms in total. The molecule has 0 bridgehead atoms. The first kappa shape index (κ1) is 18.6. The first-order valence-electron chi connectivity index (χ1n) is 8.13. The van der Waals surface area contributed by atoms with Gasteiger partial charge >= 0.3 is 5.97 Å². The maximum absolute atomic E-state index is 10.5. The van der Waals surface area contributed by atoms with Crippen molar-refractivity contribution in [3.8, 4) is 0 Å². The molecule has 0 heterocycles. The van der Waals surface area contributed by atoms with Gasteiger partial charge in [-0.25, -0.2) is 0 Å². The highest BCUT2D eigenvalue weighted by molar-refractivity contribution is 5.80. The predicted molar refractivity (Wildman–Crippen MR) is 98.0 cm³/mol. The maximum Gasteiger partial charge on any atom is 0.305 e. The highest BCUT2D eigenvalue weighted by atomic mass is 16.4. The van der Waals surface area contributed by atoms with Crippen LogP contribution in [0.25, 0.3) is 5.57 Å². The van der Waals surface area contributed by atoms with E-state index in [1.807, 2.05) is 66.7 Å². The summed E-state index contributed by atoms with van der Waals surface area (Å²) in [6, 6.07) is 19.8. The Morgan fingerprint density at radius 2 is 1.44 bits per heavy atom. The molecule has 130 valence electrons. The average molecular weight is 338 g/mol. The number of aliphatic carboxylic acids is 1. The van der Waals surface area contributed by atoms with Crippen LogP contribution in [0.1, 0.15) is 24.0 Å². The summed E-state index contributed by atoms with van der Waals surface area (Å²) < 4.78 is 0. The van der Waals surface area contributed by atoms with E-state index < -0.39 is 18.2 Å². The Morgan fingerprint density at radius 3 is 1.92 bits per heavy atom. The van der Waals surface area contributed by atoms with Crippen molar-refractivity contribution in [1.82, 2.24) is 0 Å². The van der Waals surface area contributed by atoms with E-state index in [9.17, 15) is 15.0 Å². The number of hydrogen-bond donors (Lipinski definition) is 3. The summed E-state index contributed by atoms with van der Waals surface area (Å²) in [7, 11) is 0. The van der Waals surface area contributed by atoms with Crippen LogP contribution in [0.15, 0.2) is 78.9 Å². The first-order chi connectivity index (χ1) is 12.1. The second-order valence-electron chi connectivity index (χ2n) is 5.75. The fourth-order valence-electron chi connectivity index (χ4n) is 2.52. The molecule has 0 spiro atoms. The van der Waals surface area contributed by atoms with E-state index in [0.717, 1.165) is 16.7 Å². The Kier molecular flexibility index (Phi) is 7.14. The van der Waals surface area contributed by atoms with Crippen LogP contribution < -0.4 is 0 Å². The third-order valence-electron chi connectivity index (χ3n) is 3.69. The second-order valence-corrected chi connectivity index (χ2v) is 5.75. The molecule has 2 aromatic rings. The van der Waals surface area contributed by atoms with Gasteiger partial charge in [0.2, 0.25) is 0 Å². The molecule has 0 aliphatic carbocycles. The van der Waals surface area contributed by atoms with Crippen molar-refractivity contribution in [2.75, 3.05) is 0 Å². The minimum absolute atomic E-state index is 0.0113. The van der Waals surface area contributed by atoms with Crippen molar-refractivity contribution in [2.45, 2.75) is 25.0 Å². The normalized spacial score (nSPS) is 13.4. The largest absolute Gasteiger partial charge is 0.481 e. The molecule has 0 saturated carbocycles. The Hall–Kier alpha value is -2.69. The fraction of sp³-hybridized carbons (Fsp3) is 0.190. The third-order valence-corrected chi connectivity index (χ3v) is 3.69. The molecular weight excluding hydrogens is 316 g/mol. The molecule has 4 heteroatoms. The van der Waals surface area contributed by atoms with Crippen molar-refractivity contribution in [2.24, 2.45) is 0 Å². The summed E-state index contributed by atoms with van der Waals surface area (Å²) >= 11 is 0. The number of rotatable bonds is 8. The quantitative estimate of drug-likeness (QED) is 0.646. The zero-order chi connectivity index (χ0) is 18.1. The zero-order valence-corrected chi connectivity index (χ0v) is 13.8. The van der Waals surface area contributed by atoms with Gasteiger partial charge < -0.3 is 15.3 Å². The molecule has 0 aromatic heterocycles. The molecule has 0 fully saturated rings. The van der Waals surface area contributed by atoms with Crippen LogP contribution in [0.4, 0.5) is 0 Å². The molecule has 0 amide bonds. The molecule has 2 unspecified atom stereocenters. The van der Waals surface area contributed by atoms with Crippen LogP contribution >= 0.6 is 0 Å². The Morgan fingerprint density at radius 1 is 0.920 bits per heavy atom. The minimum Gasteiger partial charge on any atom is -0.481 e. The van der Waals surface area contributed by atoms with Gasteiger partial charge in [0.05, 0.1) is 18.6 Å². The lowest BCUT2D eigenvalue weighted by Gasteiger charge is -2.10. The highest BCUT2D eigenvalue weighted by Crippen LogP contribution is 2.23. The van der Waals surface area contributed by atoms with Gasteiger partial charge in [-0.3, -0.25) is 4.79 Å². The number of carboxylic acids is 1. The van der Waals surface area contributed by atoms with Crippen molar-refractivity contribution in [3.05, 3.63) is 90.0 Å². The molecule has 0 aliphatic rings. The van der Waals surface area contributed by atoms with Gasteiger partial charge in [0.25, 0.3) is 0 Å². The van der Waals surface area contributed by atoms with Crippen LogP contribution in [0.5, 0.6) is 0 Å². The molecular formula is C21H22O4. The van der Waals surface area contributed by atoms with Gasteiger partial charge in [0, 0.05) is 6.42 Å². The van der Waals surface area contributed by atoms with Crippen molar-refractivity contribution >= 4 is 11.5 Å². The molecule has 25 heavy (non-hydrogen) atoms. The Labute approximate surface area is 147 Å². The Bertz CT molecular complexity index is 679. The van der Waals surface area contributed by atoms with Gasteiger partial charge in [-0.2, -0.15) is 0 Å². The van der Waals surface area contributed by atoms with E-state index >= 15 is 0 Å². The standard InChI is InChI=1S/C21H22O4/c22-18(14-19(23)15-21(24)25)12-7-13-20(16-8-3-1-4-9-16)17-10-5-2-6-11-17/h1-13,18-19,22-23H,14-15H2,(H,24,25). The highest BCUT2D eigenvalue weighted by Gasteiger charge is 2.13. The topological polar surface area (TPSA) is 77.8 Å². The zero-order valence-electron chi connectivity index (χ0n) is 13.8. The third kappa shape index (κ3) is 6.37. The maximum atomic E-state index is 10.5. The number of aliphatic hydroxyl groups is 2. The number of hydrogen-bond acceptors (Lipinski definition) is 3. The number of aliphatic hydroxyl groups excluding tert-OH is 2. The van der Waals surface area contributed by atoms with Crippen molar-refractivity contribution in [3.63, 3.8) is 0 Å². The molecule has 0 saturated heterocycles. The van der Waals surface area contributed by atoms with Crippen molar-refractivity contribution in [1.29, 1.82) is 0 Å². The van der Waals surface area contributed by atoms with E-state index in [0.29, 0.717) is 0 Å². The van der Waals surface area contributed by atoms with Crippen LogP contribution in [0.2, 0.25) is 0 Å². The van der Waals surface area contributed by atoms with E-state index in [1.54, 1.807) is 12.2 Å². The van der Waals surface area contributed by atoms with Gasteiger partial charge in [-0.1, -0.05) is 78.9 Å². The second kappa shape index (κ2) is 9.57. The lowest BCUT2D eigenvalue weighted by Crippen LogP contribution is -2.19. The smallest absolute Gasteiger partial charge is 0.305 e. The van der Waals surface area contributed by atoms with E-state index in [2.05, 4.69) is 0 Å². The van der Waals surface area contributed by atoms with Crippen LogP contribution in [-0.4, -0.2) is 33.5 Å². The van der Waals surface area contributed by atoms with Gasteiger partial charge in [0.15, 0.2) is 0 Å². The summed E-state index contributed by atoms with van der Waals surface area (Å²) in [6.07, 6.45) is 2.83. The molecule has 2 rings (SSSR count). The van der Waals surface area contributed by atoms with E-state index in [1.165, 1.54) is 0 Å². The van der Waals surface area contributed by atoms with E-state index in [-0.39, 0.29) is 12.8 Å². The molecule has 2 atom stereocenters. The molecule has 2 aromatic carbocycles. The van der Waals surface area contributed by atoms with Crippen LogP contribution in [0.3, 0.4) is 0 Å². The number of allylic oxidation sites excluding steroid dienone is 2. The average Bonchev–Trinajstić information content (AvgIpc) is 2.59. The minimum atomic E-state index is -1.08. The summed E-state index contributed by atoms with van der Waals surface area (Å²) in [6.45, 7) is 0. The summed E-state index contributed by atoms with van der Waals surface area (Å²) in [5, 5.41) is 28.1. The van der Waals surface area contributed by atoms with Gasteiger partial charge in [-0.15, -0.1) is 0 Å². The monoisotopic (exact) mass is 338 g/mol. The van der Waals surface area contributed by atoms with Gasteiger partial charge in [0.1, 0.15) is 0 Å². The predicted octanol–water partition coefficient (Wildman–Crippen LogP) is 3.26. The molecule has 0 radical (unpaired) electrons. The summed E-state index contributed by atoms with van der Waals surface area (Å²) in [4.78, 5) is 10.5. The number of benzene rings is 2. The number of carbonyl (C=O) groups is 1. The van der Waals surface area contributed by atoms with Crippen molar-refractivity contribution < 1.29 is 20.1 Å². The van der Waals surface area contributed by atoms with Crippen LogP contribution in [0, 0.1) is 0 Å². The summed E-state index contributed by atoms with van der Waals surface area (Å²) in [5.74, 6) is -1.08. The fourth-order valence-corrected chi connectivity index (χ4v) is 2.52. The van der Waals surface area contributed by atoms with Crippen LogP contribution in [-0.2, 0) is 4.79 Å². The SMILES string of the molecule is O=C(O)CC(O)CC(O)C=CC=C(c1ccccc1)c1ccccc1. The Balaban J connectivity index is 2.14. The first-order valence-corrected chi connectivity index (χ1v) is 8.13. The lowest BCUT2D eigenvalue weighted by atomic mass is 9.97. The lowest BCUT2D eigenvalue weighted by molar-refractivity contribution is -0.139. The molecule has 3 N–H and O–H groups in total. The molecule has 0 aliphatic heterocycles. The summed E-state index contributed by atoms with van der Waals surface area (Å²) in [5.41, 5.74) is 3.12. The number of carboxylic acid groups (broad SMARTS) is 1. The van der Waals surface area contributed by atoms with Gasteiger partial charge in [-0.05, 0) is 16.7 Å². The van der Waals surface area contributed by atoms with E-state index in [4.69, 9.17) is 5.11 Å².